The third-order valence-electron chi connectivity index (χ3n) is 7.19. The van der Waals surface area contributed by atoms with Crippen molar-refractivity contribution in [3.05, 3.63) is 48.0 Å². The van der Waals surface area contributed by atoms with Gasteiger partial charge < -0.3 is 20.1 Å². The van der Waals surface area contributed by atoms with Crippen molar-refractivity contribution in [1.82, 2.24) is 10.2 Å². The van der Waals surface area contributed by atoms with Gasteiger partial charge in [0.2, 0.25) is 5.91 Å². The molecular weight excluding hydrogens is 416 g/mol. The van der Waals surface area contributed by atoms with Gasteiger partial charge in [-0.05, 0) is 42.0 Å². The van der Waals surface area contributed by atoms with Crippen molar-refractivity contribution >= 4 is 22.8 Å². The van der Waals surface area contributed by atoms with Gasteiger partial charge in [0, 0.05) is 13.1 Å². The lowest BCUT2D eigenvalue weighted by atomic mass is 9.71. The summed E-state index contributed by atoms with van der Waals surface area (Å²) in [5.41, 5.74) is -0.151. The van der Waals surface area contributed by atoms with E-state index in [2.05, 4.69) is 5.32 Å². The third-order valence-corrected chi connectivity index (χ3v) is 7.19. The number of alkyl carbamates (subject to hydrolysis) is 1. The van der Waals surface area contributed by atoms with Crippen molar-refractivity contribution in [2.75, 3.05) is 19.7 Å². The van der Waals surface area contributed by atoms with Crippen molar-refractivity contribution < 1.29 is 19.4 Å². The van der Waals surface area contributed by atoms with Crippen LogP contribution >= 0.6 is 0 Å². The Labute approximate surface area is 196 Å². The topological polar surface area (TPSA) is 78.9 Å². The number of benzene rings is 2. The quantitative estimate of drug-likeness (QED) is 0.595. The molecule has 1 heterocycles. The maximum Gasteiger partial charge on any atom is 0.407 e. The molecule has 2 aromatic carbocycles. The van der Waals surface area contributed by atoms with E-state index >= 15 is 0 Å². The minimum atomic E-state index is -1.05. The van der Waals surface area contributed by atoms with Gasteiger partial charge in [-0.25, -0.2) is 4.79 Å². The van der Waals surface area contributed by atoms with E-state index in [1.807, 2.05) is 54.3 Å². The Balaban J connectivity index is 1.55. The summed E-state index contributed by atoms with van der Waals surface area (Å²) >= 11 is 0. The molecular formula is C27H36N2O4. The largest absolute Gasteiger partial charge is 0.450 e. The van der Waals surface area contributed by atoms with Crippen molar-refractivity contribution in [3.8, 4) is 0 Å². The summed E-state index contributed by atoms with van der Waals surface area (Å²) in [5, 5.41) is 16.8. The molecule has 1 unspecified atom stereocenters. The Morgan fingerprint density at radius 2 is 1.91 bits per heavy atom. The fourth-order valence-electron chi connectivity index (χ4n) is 5.39. The van der Waals surface area contributed by atoms with Gasteiger partial charge in [-0.1, -0.05) is 75.1 Å². The normalized spacial score (nSPS) is 21.0. The number of likely N-dealkylation sites (tertiary alicyclic amines) is 1. The number of ether oxygens (including phenoxy) is 1. The number of fused-ring (bicyclic) bond motifs is 1. The van der Waals surface area contributed by atoms with Crippen LogP contribution in [0.3, 0.4) is 0 Å². The highest BCUT2D eigenvalue weighted by atomic mass is 16.5. The van der Waals surface area contributed by atoms with Gasteiger partial charge in [0.15, 0.2) is 0 Å². The molecule has 0 bridgehead atoms. The van der Waals surface area contributed by atoms with Crippen LogP contribution in [0.25, 0.3) is 10.8 Å². The van der Waals surface area contributed by atoms with Crippen LogP contribution in [0.4, 0.5) is 4.79 Å². The number of carbonyl (C=O) groups is 2. The minimum absolute atomic E-state index is 0.0422. The number of aliphatic hydroxyl groups is 1. The average Bonchev–Trinajstić information content (AvgIpc) is 3.28. The first-order chi connectivity index (χ1) is 16.0. The fraction of sp³-hybridized carbons (Fsp3) is 0.556. The summed E-state index contributed by atoms with van der Waals surface area (Å²) in [6, 6.07) is 14.0. The van der Waals surface area contributed by atoms with Gasteiger partial charge in [0.25, 0.3) is 0 Å². The van der Waals surface area contributed by atoms with Gasteiger partial charge in [0.05, 0.1) is 24.2 Å². The highest BCUT2D eigenvalue weighted by Gasteiger charge is 2.46. The predicted octanol–water partition coefficient (Wildman–Crippen LogP) is 4.75. The van der Waals surface area contributed by atoms with Gasteiger partial charge in [-0.3, -0.25) is 4.79 Å². The average molecular weight is 453 g/mol. The number of amides is 2. The first-order valence-electron chi connectivity index (χ1n) is 12.4. The maximum absolute atomic E-state index is 14.0. The summed E-state index contributed by atoms with van der Waals surface area (Å²) in [4.78, 5) is 27.8. The first-order valence-corrected chi connectivity index (χ1v) is 12.4. The van der Waals surface area contributed by atoms with Crippen molar-refractivity contribution in [2.24, 2.45) is 0 Å². The van der Waals surface area contributed by atoms with Gasteiger partial charge >= 0.3 is 6.09 Å². The summed E-state index contributed by atoms with van der Waals surface area (Å²) in [6.45, 7) is 3.47. The summed E-state index contributed by atoms with van der Waals surface area (Å²) in [7, 11) is 0. The van der Waals surface area contributed by atoms with E-state index in [-0.39, 0.29) is 11.9 Å². The standard InChI is InChI=1S/C27H36N2O4/c1-2-3-18-33-26(31)28-21-14-17-29(19-21)25(30)24(27(32)15-7-4-8-16-27)23-13-9-11-20-10-5-6-12-22(20)23/h5-6,9-13,21,24,32H,2-4,7-8,14-19H2,1H3,(H,28,31)/t21-,24?/m1/s1. The van der Waals surface area contributed by atoms with Gasteiger partial charge in [0.1, 0.15) is 0 Å². The van der Waals surface area contributed by atoms with Crippen LogP contribution in [0.1, 0.15) is 69.8 Å². The molecule has 2 atom stereocenters. The molecule has 4 rings (SSSR count). The zero-order valence-corrected chi connectivity index (χ0v) is 19.6. The monoisotopic (exact) mass is 452 g/mol. The summed E-state index contributed by atoms with van der Waals surface area (Å²) < 4.78 is 5.22. The van der Waals surface area contributed by atoms with E-state index in [1.165, 1.54) is 0 Å². The third kappa shape index (κ3) is 5.32. The molecule has 178 valence electrons. The molecule has 2 amide bonds. The molecule has 2 aromatic rings. The van der Waals surface area contributed by atoms with Crippen LogP contribution in [0, 0.1) is 0 Å². The van der Waals surface area contributed by atoms with Crippen LogP contribution in [0.15, 0.2) is 42.5 Å². The Morgan fingerprint density at radius 3 is 2.70 bits per heavy atom. The second-order valence-electron chi connectivity index (χ2n) is 9.57. The highest BCUT2D eigenvalue weighted by Crippen LogP contribution is 2.43. The number of nitrogens with one attached hydrogen (secondary N) is 1. The molecule has 1 aliphatic heterocycles. The van der Waals surface area contributed by atoms with E-state index in [0.717, 1.165) is 48.4 Å². The minimum Gasteiger partial charge on any atom is -0.450 e. The number of rotatable bonds is 7. The SMILES string of the molecule is CCCCOC(=O)N[C@@H]1CCN(C(=O)C(c2cccc3ccccc23)C2(O)CCCCC2)C1. The first kappa shape index (κ1) is 23.6. The molecule has 1 aliphatic carbocycles. The predicted molar refractivity (Wildman–Crippen MR) is 129 cm³/mol. The lowest BCUT2D eigenvalue weighted by Crippen LogP contribution is -2.48. The van der Waals surface area contributed by atoms with E-state index in [4.69, 9.17) is 4.74 Å². The Hall–Kier alpha value is -2.60. The summed E-state index contributed by atoms with van der Waals surface area (Å²) in [6.07, 6.45) is 6.30. The number of hydrogen-bond acceptors (Lipinski definition) is 4. The number of hydrogen-bond donors (Lipinski definition) is 2. The van der Waals surface area contributed by atoms with E-state index in [1.54, 1.807) is 0 Å². The van der Waals surface area contributed by atoms with Crippen LogP contribution < -0.4 is 5.32 Å². The molecule has 2 aliphatic rings. The zero-order chi connectivity index (χ0) is 23.3. The number of carbonyl (C=O) groups excluding carboxylic acids is 2. The van der Waals surface area contributed by atoms with Gasteiger partial charge in [-0.15, -0.1) is 0 Å². The molecule has 0 spiro atoms. The second-order valence-corrected chi connectivity index (χ2v) is 9.57. The molecule has 0 aromatic heterocycles. The number of nitrogens with zero attached hydrogens (tertiary/aromatic N) is 1. The highest BCUT2D eigenvalue weighted by molar-refractivity contribution is 5.94. The second kappa shape index (κ2) is 10.6. The van der Waals surface area contributed by atoms with Gasteiger partial charge in [-0.2, -0.15) is 0 Å². The van der Waals surface area contributed by atoms with Crippen LogP contribution in [0.2, 0.25) is 0 Å². The molecule has 6 heteroatoms. The lowest BCUT2D eigenvalue weighted by Gasteiger charge is -2.40. The van der Waals surface area contributed by atoms with Crippen LogP contribution in [-0.4, -0.2) is 53.3 Å². The van der Waals surface area contributed by atoms with Crippen molar-refractivity contribution in [2.45, 2.75) is 75.9 Å². The fourth-order valence-corrected chi connectivity index (χ4v) is 5.39. The van der Waals surface area contributed by atoms with Crippen molar-refractivity contribution in [1.29, 1.82) is 0 Å². The number of unbranched alkanes of at least 4 members (excludes halogenated alkanes) is 1. The smallest absolute Gasteiger partial charge is 0.407 e. The molecule has 2 N–H and O–H groups in total. The van der Waals surface area contributed by atoms with E-state index in [9.17, 15) is 14.7 Å². The van der Waals surface area contributed by atoms with E-state index < -0.39 is 17.6 Å². The van der Waals surface area contributed by atoms with Crippen LogP contribution in [0.5, 0.6) is 0 Å². The Kier molecular flexibility index (Phi) is 7.53. The molecule has 0 radical (unpaired) electrons. The zero-order valence-electron chi connectivity index (χ0n) is 19.6. The molecule has 6 nitrogen and oxygen atoms in total. The summed E-state index contributed by atoms with van der Waals surface area (Å²) in [5.74, 6) is -0.654. The molecule has 33 heavy (non-hydrogen) atoms. The van der Waals surface area contributed by atoms with Crippen molar-refractivity contribution in [3.63, 3.8) is 0 Å². The molecule has 2 fully saturated rings. The van der Waals surface area contributed by atoms with E-state index in [0.29, 0.717) is 39.0 Å². The van der Waals surface area contributed by atoms with Crippen LogP contribution in [-0.2, 0) is 9.53 Å². The Bertz CT molecular complexity index is 964. The lowest BCUT2D eigenvalue weighted by molar-refractivity contribution is -0.140. The maximum atomic E-state index is 14.0. The Morgan fingerprint density at radius 1 is 1.15 bits per heavy atom. The molecule has 1 saturated carbocycles. The molecule has 1 saturated heterocycles.